The van der Waals surface area contributed by atoms with Gasteiger partial charge in [-0.15, -0.1) is 0 Å². The lowest BCUT2D eigenvalue weighted by Crippen LogP contribution is -1.89. The predicted octanol–water partition coefficient (Wildman–Crippen LogP) is 8.01. The number of benzene rings is 2. The van der Waals surface area contributed by atoms with Gasteiger partial charge in [0.1, 0.15) is 0 Å². The SMILES string of the molecule is CCCCCC(Br)c1ccc(N=Nc2ccc(CBr)cc2)cc1. The fraction of sp³-hybridized carbons (Fsp3) is 0.368. The van der Waals surface area contributed by atoms with E-state index in [-0.39, 0.29) is 0 Å². The second kappa shape index (κ2) is 9.99. The molecule has 0 aliphatic rings. The van der Waals surface area contributed by atoms with Crippen molar-refractivity contribution in [2.45, 2.75) is 42.8 Å². The summed E-state index contributed by atoms with van der Waals surface area (Å²) < 4.78 is 0. The molecular weight excluding hydrogens is 416 g/mol. The van der Waals surface area contributed by atoms with Gasteiger partial charge >= 0.3 is 0 Å². The molecule has 2 rings (SSSR count). The van der Waals surface area contributed by atoms with Gasteiger partial charge in [0.15, 0.2) is 0 Å². The molecule has 1 unspecified atom stereocenters. The number of rotatable bonds is 8. The van der Waals surface area contributed by atoms with Crippen molar-refractivity contribution in [2.24, 2.45) is 10.2 Å². The van der Waals surface area contributed by atoms with Crippen LogP contribution in [0, 0.1) is 0 Å². The molecule has 0 saturated heterocycles. The lowest BCUT2D eigenvalue weighted by molar-refractivity contribution is 0.664. The Morgan fingerprint density at radius 3 is 1.96 bits per heavy atom. The molecule has 23 heavy (non-hydrogen) atoms. The lowest BCUT2D eigenvalue weighted by Gasteiger charge is -2.09. The molecule has 0 fully saturated rings. The van der Waals surface area contributed by atoms with Gasteiger partial charge in [-0.3, -0.25) is 0 Å². The fourth-order valence-corrected chi connectivity index (χ4v) is 3.26. The van der Waals surface area contributed by atoms with Crippen molar-refractivity contribution in [1.82, 2.24) is 0 Å². The second-order valence-electron chi connectivity index (χ2n) is 5.55. The van der Waals surface area contributed by atoms with E-state index in [1.807, 2.05) is 24.3 Å². The quantitative estimate of drug-likeness (QED) is 0.227. The third kappa shape index (κ3) is 6.19. The second-order valence-corrected chi connectivity index (χ2v) is 7.22. The van der Waals surface area contributed by atoms with Crippen LogP contribution in [0.15, 0.2) is 58.8 Å². The molecule has 2 aromatic carbocycles. The number of azo groups is 1. The summed E-state index contributed by atoms with van der Waals surface area (Å²) in [5.74, 6) is 0. The Labute approximate surface area is 155 Å². The molecule has 0 saturated carbocycles. The number of halogens is 2. The van der Waals surface area contributed by atoms with Gasteiger partial charge in [0, 0.05) is 10.2 Å². The van der Waals surface area contributed by atoms with Crippen LogP contribution in [0.25, 0.3) is 0 Å². The highest BCUT2D eigenvalue weighted by molar-refractivity contribution is 9.09. The zero-order chi connectivity index (χ0) is 16.5. The van der Waals surface area contributed by atoms with Crippen molar-refractivity contribution >= 4 is 43.2 Å². The third-order valence-corrected chi connectivity index (χ3v) is 5.32. The molecule has 0 bridgehead atoms. The van der Waals surface area contributed by atoms with Gasteiger partial charge in [-0.2, -0.15) is 10.2 Å². The van der Waals surface area contributed by atoms with E-state index in [9.17, 15) is 0 Å². The van der Waals surface area contributed by atoms with Crippen LogP contribution < -0.4 is 0 Å². The van der Waals surface area contributed by atoms with Crippen LogP contribution in [-0.4, -0.2) is 0 Å². The van der Waals surface area contributed by atoms with Crippen molar-refractivity contribution in [2.75, 3.05) is 0 Å². The first kappa shape index (κ1) is 18.3. The monoisotopic (exact) mass is 436 g/mol. The summed E-state index contributed by atoms with van der Waals surface area (Å²) in [6.45, 7) is 2.23. The molecule has 4 heteroatoms. The molecule has 0 radical (unpaired) electrons. The Hall–Kier alpha value is -1.00. The average molecular weight is 438 g/mol. The molecule has 0 aromatic heterocycles. The van der Waals surface area contributed by atoms with E-state index >= 15 is 0 Å². The van der Waals surface area contributed by atoms with Gasteiger partial charge in [0.25, 0.3) is 0 Å². The Morgan fingerprint density at radius 2 is 1.43 bits per heavy atom. The zero-order valence-electron chi connectivity index (χ0n) is 13.4. The van der Waals surface area contributed by atoms with Crippen molar-refractivity contribution in [3.8, 4) is 0 Å². The van der Waals surface area contributed by atoms with Crippen LogP contribution in [0.3, 0.4) is 0 Å². The average Bonchev–Trinajstić information content (AvgIpc) is 2.61. The largest absolute Gasteiger partial charge is 0.151 e. The number of alkyl halides is 2. The van der Waals surface area contributed by atoms with Crippen LogP contribution in [-0.2, 0) is 5.33 Å². The van der Waals surface area contributed by atoms with E-state index in [4.69, 9.17) is 0 Å². The fourth-order valence-electron chi connectivity index (χ4n) is 2.26. The zero-order valence-corrected chi connectivity index (χ0v) is 16.6. The molecule has 0 amide bonds. The Kier molecular flexibility index (Phi) is 7.96. The first-order valence-corrected chi connectivity index (χ1v) is 10.1. The van der Waals surface area contributed by atoms with Crippen molar-refractivity contribution in [3.63, 3.8) is 0 Å². The molecule has 0 heterocycles. The van der Waals surface area contributed by atoms with E-state index in [1.54, 1.807) is 0 Å². The summed E-state index contributed by atoms with van der Waals surface area (Å²) >= 11 is 7.21. The number of hydrogen-bond donors (Lipinski definition) is 0. The highest BCUT2D eigenvalue weighted by atomic mass is 79.9. The van der Waals surface area contributed by atoms with Gasteiger partial charge in [0.05, 0.1) is 11.4 Å². The summed E-state index contributed by atoms with van der Waals surface area (Å²) in [5, 5.41) is 9.45. The molecule has 122 valence electrons. The topological polar surface area (TPSA) is 24.7 Å². The molecule has 2 aromatic rings. The highest BCUT2D eigenvalue weighted by Crippen LogP contribution is 2.30. The summed E-state index contributed by atoms with van der Waals surface area (Å²) in [4.78, 5) is 0.428. The summed E-state index contributed by atoms with van der Waals surface area (Å²) in [6.07, 6.45) is 4.99. The van der Waals surface area contributed by atoms with E-state index in [0.717, 1.165) is 16.7 Å². The Balaban J connectivity index is 1.94. The highest BCUT2D eigenvalue weighted by Gasteiger charge is 2.06. The molecule has 0 spiro atoms. The molecule has 1 atom stereocenters. The maximum absolute atomic E-state index is 4.31. The van der Waals surface area contributed by atoms with Crippen LogP contribution in [0.5, 0.6) is 0 Å². The molecular formula is C19H22Br2N2. The first-order chi connectivity index (χ1) is 11.2. The number of nitrogens with zero attached hydrogens (tertiary/aromatic N) is 2. The maximum Gasteiger partial charge on any atom is 0.0857 e. The van der Waals surface area contributed by atoms with Crippen molar-refractivity contribution in [1.29, 1.82) is 0 Å². The Morgan fingerprint density at radius 1 is 0.870 bits per heavy atom. The van der Waals surface area contributed by atoms with Gasteiger partial charge in [0.2, 0.25) is 0 Å². The number of hydrogen-bond acceptors (Lipinski definition) is 2. The van der Waals surface area contributed by atoms with Gasteiger partial charge < -0.3 is 0 Å². The van der Waals surface area contributed by atoms with Crippen LogP contribution in [0.4, 0.5) is 11.4 Å². The summed E-state index contributed by atoms with van der Waals surface area (Å²) in [6, 6.07) is 16.4. The van der Waals surface area contributed by atoms with E-state index in [1.165, 1.54) is 36.8 Å². The van der Waals surface area contributed by atoms with Crippen LogP contribution >= 0.6 is 31.9 Å². The van der Waals surface area contributed by atoms with Gasteiger partial charge in [-0.25, -0.2) is 0 Å². The maximum atomic E-state index is 4.31. The molecule has 0 aliphatic carbocycles. The number of unbranched alkanes of at least 4 members (excludes halogenated alkanes) is 2. The van der Waals surface area contributed by atoms with E-state index in [0.29, 0.717) is 4.83 Å². The smallest absolute Gasteiger partial charge is 0.0857 e. The minimum atomic E-state index is 0.428. The van der Waals surface area contributed by atoms with Crippen molar-refractivity contribution < 1.29 is 0 Å². The standard InChI is InChI=1S/C19H22Br2N2/c1-2-3-4-5-19(21)16-8-12-18(13-9-16)23-22-17-10-6-15(14-20)7-11-17/h6-13,19H,2-5,14H2,1H3. The first-order valence-electron chi connectivity index (χ1n) is 8.03. The Bertz CT molecular complexity index is 606. The third-order valence-electron chi connectivity index (χ3n) is 3.69. The minimum Gasteiger partial charge on any atom is -0.151 e. The van der Waals surface area contributed by atoms with Crippen LogP contribution in [0.2, 0.25) is 0 Å². The predicted molar refractivity (Wildman–Crippen MR) is 106 cm³/mol. The van der Waals surface area contributed by atoms with E-state index in [2.05, 4.69) is 73.3 Å². The summed E-state index contributed by atoms with van der Waals surface area (Å²) in [7, 11) is 0. The van der Waals surface area contributed by atoms with Gasteiger partial charge in [-0.05, 0) is 41.8 Å². The van der Waals surface area contributed by atoms with Crippen LogP contribution in [0.1, 0.15) is 48.6 Å². The molecule has 0 N–H and O–H groups in total. The van der Waals surface area contributed by atoms with Gasteiger partial charge in [-0.1, -0.05) is 82.3 Å². The minimum absolute atomic E-state index is 0.428. The van der Waals surface area contributed by atoms with Crippen molar-refractivity contribution in [3.05, 3.63) is 59.7 Å². The molecule has 2 nitrogen and oxygen atoms in total. The normalized spacial score (nSPS) is 12.7. The molecule has 0 aliphatic heterocycles. The van der Waals surface area contributed by atoms with E-state index < -0.39 is 0 Å². The lowest BCUT2D eigenvalue weighted by atomic mass is 10.1. The summed E-state index contributed by atoms with van der Waals surface area (Å²) in [5.41, 5.74) is 4.30.